The third-order valence-corrected chi connectivity index (χ3v) is 5.38. The van der Waals surface area contributed by atoms with Crippen molar-refractivity contribution in [3.05, 3.63) is 77.9 Å². The van der Waals surface area contributed by atoms with Crippen molar-refractivity contribution in [2.45, 2.75) is 31.7 Å². The summed E-state index contributed by atoms with van der Waals surface area (Å²) in [7, 11) is 0. The Morgan fingerprint density at radius 1 is 0.923 bits per heavy atom. The van der Waals surface area contributed by atoms with Gasteiger partial charge in [0.15, 0.2) is 0 Å². The molecule has 0 radical (unpaired) electrons. The molecule has 26 heavy (non-hydrogen) atoms. The molecule has 0 spiro atoms. The minimum absolute atomic E-state index is 0.0818. The Hall–Kier alpha value is -2.81. The van der Waals surface area contributed by atoms with Crippen molar-refractivity contribution < 1.29 is 9.90 Å². The van der Waals surface area contributed by atoms with Gasteiger partial charge in [-0.3, -0.25) is 4.79 Å². The predicted octanol–water partition coefficient (Wildman–Crippen LogP) is 4.94. The molecular weight excluding hydrogens is 322 g/mol. The fraction of sp³-hybridized carbons (Fsp3) is 0.261. The van der Waals surface area contributed by atoms with Crippen LogP contribution in [-0.2, 0) is 4.79 Å². The zero-order valence-corrected chi connectivity index (χ0v) is 14.7. The van der Waals surface area contributed by atoms with E-state index < -0.39 is 0 Å². The van der Waals surface area contributed by atoms with E-state index in [0.29, 0.717) is 0 Å². The van der Waals surface area contributed by atoms with Crippen LogP contribution in [-0.4, -0.2) is 11.0 Å². The van der Waals surface area contributed by atoms with Gasteiger partial charge in [0.1, 0.15) is 5.75 Å². The van der Waals surface area contributed by atoms with Crippen molar-refractivity contribution in [2.24, 2.45) is 5.92 Å². The summed E-state index contributed by atoms with van der Waals surface area (Å²) in [5.74, 6) is 0.381. The van der Waals surface area contributed by atoms with Crippen molar-refractivity contribution in [3.63, 3.8) is 0 Å². The number of carbonyl (C=O) groups excluding carboxylic acids is 1. The quantitative estimate of drug-likeness (QED) is 0.703. The summed E-state index contributed by atoms with van der Waals surface area (Å²) in [4.78, 5) is 12.9. The molecule has 3 nitrogen and oxygen atoms in total. The fourth-order valence-corrected chi connectivity index (χ4v) is 4.00. The first-order valence-electron chi connectivity index (χ1n) is 9.30. The smallest absolute Gasteiger partial charge is 0.223 e. The lowest BCUT2D eigenvalue weighted by Crippen LogP contribution is -2.33. The second-order valence-electron chi connectivity index (χ2n) is 7.05. The molecular formula is C23H23NO2. The van der Waals surface area contributed by atoms with E-state index in [2.05, 4.69) is 5.32 Å². The van der Waals surface area contributed by atoms with Crippen LogP contribution in [0.3, 0.4) is 0 Å². The molecule has 0 heterocycles. The molecule has 0 aromatic heterocycles. The number of rotatable bonds is 4. The van der Waals surface area contributed by atoms with Gasteiger partial charge in [-0.2, -0.15) is 0 Å². The van der Waals surface area contributed by atoms with Crippen molar-refractivity contribution in [2.75, 3.05) is 0 Å². The Bertz CT molecular complexity index is 914. The standard InChI is InChI=1S/C23H23NO2/c25-20-15-14-16-8-6-7-13-19(16)21(20)22(17-9-2-1-3-10-17)24-23(26)18-11-4-5-12-18/h1-3,6-10,13-15,18,22,25H,4-5,11-12H2,(H,24,26). The summed E-state index contributed by atoms with van der Waals surface area (Å²) in [5.41, 5.74) is 1.74. The molecule has 132 valence electrons. The lowest BCUT2D eigenvalue weighted by Gasteiger charge is -2.24. The first-order valence-corrected chi connectivity index (χ1v) is 9.30. The number of phenolic OH excluding ortho intramolecular Hbond substituents is 1. The molecule has 1 aliphatic carbocycles. The maximum atomic E-state index is 12.9. The molecule has 1 amide bonds. The number of nitrogens with one attached hydrogen (secondary N) is 1. The van der Waals surface area contributed by atoms with Gasteiger partial charge in [0.2, 0.25) is 5.91 Å². The van der Waals surface area contributed by atoms with Crippen LogP contribution >= 0.6 is 0 Å². The number of fused-ring (bicyclic) bond motifs is 1. The third kappa shape index (κ3) is 3.17. The Morgan fingerprint density at radius 2 is 1.62 bits per heavy atom. The predicted molar refractivity (Wildman–Crippen MR) is 104 cm³/mol. The zero-order valence-electron chi connectivity index (χ0n) is 14.7. The first-order chi connectivity index (χ1) is 12.7. The zero-order chi connectivity index (χ0) is 17.9. The second kappa shape index (κ2) is 7.20. The number of aromatic hydroxyl groups is 1. The van der Waals surface area contributed by atoms with Crippen LogP contribution in [0.25, 0.3) is 10.8 Å². The van der Waals surface area contributed by atoms with E-state index in [1.807, 2.05) is 60.7 Å². The first kappa shape index (κ1) is 16.6. The lowest BCUT2D eigenvalue weighted by atomic mass is 9.92. The van der Waals surface area contributed by atoms with E-state index in [1.165, 1.54) is 0 Å². The molecule has 1 unspecified atom stereocenters. The van der Waals surface area contributed by atoms with E-state index in [1.54, 1.807) is 6.07 Å². The van der Waals surface area contributed by atoms with Crippen LogP contribution in [0.1, 0.15) is 42.9 Å². The molecule has 1 aliphatic rings. The van der Waals surface area contributed by atoms with E-state index in [0.717, 1.165) is 47.6 Å². The highest BCUT2D eigenvalue weighted by atomic mass is 16.3. The molecule has 0 aliphatic heterocycles. The maximum absolute atomic E-state index is 12.9. The topological polar surface area (TPSA) is 49.3 Å². The Kier molecular flexibility index (Phi) is 4.61. The van der Waals surface area contributed by atoms with Gasteiger partial charge in [0, 0.05) is 11.5 Å². The van der Waals surface area contributed by atoms with E-state index in [4.69, 9.17) is 0 Å². The van der Waals surface area contributed by atoms with Gasteiger partial charge in [0.25, 0.3) is 0 Å². The minimum Gasteiger partial charge on any atom is -0.508 e. The van der Waals surface area contributed by atoms with Crippen molar-refractivity contribution >= 4 is 16.7 Å². The van der Waals surface area contributed by atoms with Gasteiger partial charge in [-0.1, -0.05) is 73.5 Å². The molecule has 2 N–H and O–H groups in total. The van der Waals surface area contributed by atoms with Crippen molar-refractivity contribution in [3.8, 4) is 5.75 Å². The monoisotopic (exact) mass is 345 g/mol. The number of phenols is 1. The number of carbonyl (C=O) groups is 1. The van der Waals surface area contributed by atoms with Gasteiger partial charge >= 0.3 is 0 Å². The van der Waals surface area contributed by atoms with Crippen molar-refractivity contribution in [1.82, 2.24) is 5.32 Å². The van der Waals surface area contributed by atoms with Crippen LogP contribution in [0, 0.1) is 5.92 Å². The molecule has 0 bridgehead atoms. The SMILES string of the molecule is O=C(NC(c1ccccc1)c1c(O)ccc2ccccc12)C1CCCC1. The van der Waals surface area contributed by atoms with E-state index in [9.17, 15) is 9.90 Å². The van der Waals surface area contributed by atoms with Gasteiger partial charge < -0.3 is 10.4 Å². The largest absolute Gasteiger partial charge is 0.508 e. The Labute approximate surface area is 153 Å². The highest BCUT2D eigenvalue weighted by molar-refractivity contribution is 5.89. The fourth-order valence-electron chi connectivity index (χ4n) is 4.00. The second-order valence-corrected chi connectivity index (χ2v) is 7.05. The molecule has 4 rings (SSSR count). The van der Waals surface area contributed by atoms with Crippen molar-refractivity contribution in [1.29, 1.82) is 0 Å². The average Bonchev–Trinajstić information content (AvgIpc) is 3.22. The molecule has 1 fully saturated rings. The maximum Gasteiger partial charge on any atom is 0.223 e. The van der Waals surface area contributed by atoms with Crippen LogP contribution < -0.4 is 5.32 Å². The Balaban J connectivity index is 1.81. The summed E-state index contributed by atoms with van der Waals surface area (Å²) in [6.45, 7) is 0. The molecule has 3 heteroatoms. The van der Waals surface area contributed by atoms with E-state index >= 15 is 0 Å². The van der Waals surface area contributed by atoms with E-state index in [-0.39, 0.29) is 23.6 Å². The highest BCUT2D eigenvalue weighted by Gasteiger charge is 2.28. The summed E-state index contributed by atoms with van der Waals surface area (Å²) in [6, 6.07) is 21.1. The third-order valence-electron chi connectivity index (χ3n) is 5.38. The summed E-state index contributed by atoms with van der Waals surface area (Å²) >= 11 is 0. The lowest BCUT2D eigenvalue weighted by molar-refractivity contribution is -0.125. The minimum atomic E-state index is -0.365. The van der Waals surface area contributed by atoms with Gasteiger partial charge in [0.05, 0.1) is 6.04 Å². The normalized spacial score (nSPS) is 15.8. The number of benzene rings is 3. The Morgan fingerprint density at radius 3 is 2.38 bits per heavy atom. The van der Waals surface area contributed by atoms with Crippen LogP contribution in [0.4, 0.5) is 0 Å². The molecule has 1 saturated carbocycles. The molecule has 3 aromatic rings. The number of hydrogen-bond acceptors (Lipinski definition) is 2. The summed E-state index contributed by atoms with van der Waals surface area (Å²) in [5, 5.41) is 15.9. The van der Waals surface area contributed by atoms with Gasteiger partial charge in [-0.25, -0.2) is 0 Å². The number of amides is 1. The molecule has 3 aromatic carbocycles. The molecule has 0 saturated heterocycles. The van der Waals surface area contributed by atoms with Gasteiger partial charge in [-0.15, -0.1) is 0 Å². The van der Waals surface area contributed by atoms with Crippen LogP contribution in [0.15, 0.2) is 66.7 Å². The number of hydrogen-bond donors (Lipinski definition) is 2. The molecule has 1 atom stereocenters. The average molecular weight is 345 g/mol. The summed E-state index contributed by atoms with van der Waals surface area (Å²) in [6.07, 6.45) is 4.14. The van der Waals surface area contributed by atoms with Crippen LogP contribution in [0.5, 0.6) is 5.75 Å². The summed E-state index contributed by atoms with van der Waals surface area (Å²) < 4.78 is 0. The highest BCUT2D eigenvalue weighted by Crippen LogP contribution is 2.36. The van der Waals surface area contributed by atoms with Crippen LogP contribution in [0.2, 0.25) is 0 Å². The van der Waals surface area contributed by atoms with Gasteiger partial charge in [-0.05, 0) is 35.2 Å².